The summed E-state index contributed by atoms with van der Waals surface area (Å²) in [6.45, 7) is 5.07. The highest BCUT2D eigenvalue weighted by atomic mass is 16.2. The predicted octanol–water partition coefficient (Wildman–Crippen LogP) is 2.32. The van der Waals surface area contributed by atoms with Crippen LogP contribution in [0.4, 0.5) is 4.79 Å². The molecule has 1 aromatic heterocycles. The molecule has 0 radical (unpaired) electrons. The minimum absolute atomic E-state index is 0.132. The number of nitrogens with zero attached hydrogens (tertiary/aromatic N) is 2. The lowest BCUT2D eigenvalue weighted by atomic mass is 10.2. The number of benzene rings is 1. The molecule has 0 bridgehead atoms. The molecule has 2 N–H and O–H groups in total. The number of carbonyl (C=O) groups is 2. The zero-order valence-electron chi connectivity index (χ0n) is 14.6. The molecule has 0 aliphatic carbocycles. The van der Waals surface area contributed by atoms with Crippen molar-refractivity contribution < 1.29 is 9.59 Å². The molecule has 0 fully saturated rings. The van der Waals surface area contributed by atoms with Crippen molar-refractivity contribution in [1.82, 2.24) is 20.5 Å². The van der Waals surface area contributed by atoms with Crippen molar-refractivity contribution in [3.63, 3.8) is 0 Å². The van der Waals surface area contributed by atoms with Crippen LogP contribution in [0.5, 0.6) is 0 Å². The van der Waals surface area contributed by atoms with Gasteiger partial charge in [-0.2, -0.15) is 0 Å². The van der Waals surface area contributed by atoms with Gasteiger partial charge in [-0.3, -0.25) is 20.0 Å². The van der Waals surface area contributed by atoms with Crippen molar-refractivity contribution >= 4 is 11.9 Å². The van der Waals surface area contributed by atoms with Crippen molar-refractivity contribution in [2.24, 2.45) is 0 Å². The first-order valence-corrected chi connectivity index (χ1v) is 8.30. The zero-order chi connectivity index (χ0) is 18.1. The Morgan fingerprint density at radius 2 is 1.80 bits per heavy atom. The summed E-state index contributed by atoms with van der Waals surface area (Å²) in [6.07, 6.45) is 1.73. The van der Waals surface area contributed by atoms with Gasteiger partial charge < -0.3 is 5.32 Å². The third-order valence-electron chi connectivity index (χ3n) is 3.72. The second-order valence-electron chi connectivity index (χ2n) is 6.04. The Morgan fingerprint density at radius 3 is 2.44 bits per heavy atom. The van der Waals surface area contributed by atoms with E-state index in [1.165, 1.54) is 0 Å². The second kappa shape index (κ2) is 9.54. The van der Waals surface area contributed by atoms with Gasteiger partial charge in [0.25, 0.3) is 0 Å². The van der Waals surface area contributed by atoms with E-state index >= 15 is 0 Å². The number of nitrogens with one attached hydrogen (secondary N) is 2. The molecule has 0 unspecified atom stereocenters. The Kier molecular flexibility index (Phi) is 7.10. The third kappa shape index (κ3) is 6.73. The SMILES string of the molecule is CC(C)N(CC(=O)NC(=O)NCc1ccccc1)Cc1ccccn1. The lowest BCUT2D eigenvalue weighted by Crippen LogP contribution is -2.45. The van der Waals surface area contributed by atoms with Crippen LogP contribution in [-0.2, 0) is 17.9 Å². The number of rotatable bonds is 7. The van der Waals surface area contributed by atoms with E-state index in [0.717, 1.165) is 11.3 Å². The fraction of sp³-hybridized carbons (Fsp3) is 0.316. The van der Waals surface area contributed by atoms with Gasteiger partial charge in [0.2, 0.25) is 5.91 Å². The molecular weight excluding hydrogens is 316 g/mol. The average Bonchev–Trinajstić information content (AvgIpc) is 2.61. The summed E-state index contributed by atoms with van der Waals surface area (Å²) in [5.74, 6) is -0.338. The van der Waals surface area contributed by atoms with Crippen molar-refractivity contribution in [3.8, 4) is 0 Å². The molecule has 3 amide bonds. The first-order chi connectivity index (χ1) is 12.0. The quantitative estimate of drug-likeness (QED) is 0.811. The summed E-state index contributed by atoms with van der Waals surface area (Å²) in [5.41, 5.74) is 1.86. The van der Waals surface area contributed by atoms with E-state index in [4.69, 9.17) is 0 Å². The number of amides is 3. The van der Waals surface area contributed by atoms with E-state index in [0.29, 0.717) is 13.1 Å². The van der Waals surface area contributed by atoms with Gasteiger partial charge >= 0.3 is 6.03 Å². The van der Waals surface area contributed by atoms with Gasteiger partial charge in [0.05, 0.1) is 12.2 Å². The van der Waals surface area contributed by atoms with Gasteiger partial charge in [0, 0.05) is 25.3 Å². The number of pyridine rings is 1. The zero-order valence-corrected chi connectivity index (χ0v) is 14.6. The standard InChI is InChI=1S/C19H24N4O2/c1-15(2)23(13-17-10-6-7-11-20-17)14-18(24)22-19(25)21-12-16-8-4-3-5-9-16/h3-11,15H,12-14H2,1-2H3,(H2,21,22,24,25). The Labute approximate surface area is 148 Å². The van der Waals surface area contributed by atoms with Crippen LogP contribution in [-0.4, -0.2) is 34.4 Å². The molecule has 0 saturated carbocycles. The van der Waals surface area contributed by atoms with Crippen LogP contribution >= 0.6 is 0 Å². The molecule has 132 valence electrons. The molecule has 2 aromatic rings. The van der Waals surface area contributed by atoms with E-state index in [1.54, 1.807) is 6.20 Å². The molecule has 0 saturated heterocycles. The molecule has 25 heavy (non-hydrogen) atoms. The normalized spacial score (nSPS) is 10.7. The van der Waals surface area contributed by atoms with E-state index < -0.39 is 6.03 Å². The molecule has 6 heteroatoms. The highest BCUT2D eigenvalue weighted by Gasteiger charge is 2.16. The van der Waals surface area contributed by atoms with Gasteiger partial charge in [0.15, 0.2) is 0 Å². The fourth-order valence-electron chi connectivity index (χ4n) is 2.29. The molecule has 2 rings (SSSR count). The van der Waals surface area contributed by atoms with Crippen LogP contribution in [0.2, 0.25) is 0 Å². The van der Waals surface area contributed by atoms with Crippen LogP contribution in [0.15, 0.2) is 54.7 Å². The van der Waals surface area contributed by atoms with Gasteiger partial charge in [-0.25, -0.2) is 4.79 Å². The van der Waals surface area contributed by atoms with Crippen LogP contribution in [0.25, 0.3) is 0 Å². The summed E-state index contributed by atoms with van der Waals surface area (Å²) in [4.78, 5) is 30.2. The first kappa shape index (κ1) is 18.6. The van der Waals surface area contributed by atoms with Crippen molar-refractivity contribution in [2.45, 2.75) is 33.0 Å². The van der Waals surface area contributed by atoms with E-state index in [1.807, 2.05) is 67.3 Å². The average molecular weight is 340 g/mol. The van der Waals surface area contributed by atoms with Gasteiger partial charge in [-0.15, -0.1) is 0 Å². The first-order valence-electron chi connectivity index (χ1n) is 8.30. The summed E-state index contributed by atoms with van der Waals surface area (Å²) in [6, 6.07) is 14.9. The lowest BCUT2D eigenvalue weighted by Gasteiger charge is -2.25. The van der Waals surface area contributed by atoms with Gasteiger partial charge in [-0.1, -0.05) is 36.4 Å². The maximum Gasteiger partial charge on any atom is 0.321 e. The summed E-state index contributed by atoms with van der Waals surface area (Å²) >= 11 is 0. The Hall–Kier alpha value is -2.73. The summed E-state index contributed by atoms with van der Waals surface area (Å²) in [7, 11) is 0. The minimum Gasteiger partial charge on any atom is -0.334 e. The van der Waals surface area contributed by atoms with Crippen molar-refractivity contribution in [1.29, 1.82) is 0 Å². The predicted molar refractivity (Wildman–Crippen MR) is 96.6 cm³/mol. The number of imide groups is 1. The Bertz CT molecular complexity index is 674. The van der Waals surface area contributed by atoms with E-state index in [2.05, 4.69) is 15.6 Å². The second-order valence-corrected chi connectivity index (χ2v) is 6.04. The van der Waals surface area contributed by atoms with Crippen LogP contribution in [0.1, 0.15) is 25.1 Å². The summed E-state index contributed by atoms with van der Waals surface area (Å²) < 4.78 is 0. The molecular formula is C19H24N4O2. The Balaban J connectivity index is 1.81. The van der Waals surface area contributed by atoms with E-state index in [-0.39, 0.29) is 18.5 Å². The minimum atomic E-state index is -0.490. The molecule has 1 heterocycles. The van der Waals surface area contributed by atoms with Crippen LogP contribution in [0, 0.1) is 0 Å². The smallest absolute Gasteiger partial charge is 0.321 e. The monoisotopic (exact) mass is 340 g/mol. The van der Waals surface area contributed by atoms with Crippen LogP contribution in [0.3, 0.4) is 0 Å². The van der Waals surface area contributed by atoms with Crippen molar-refractivity contribution in [3.05, 3.63) is 66.0 Å². The van der Waals surface area contributed by atoms with Crippen LogP contribution < -0.4 is 10.6 Å². The van der Waals surface area contributed by atoms with Gasteiger partial charge in [0.1, 0.15) is 0 Å². The highest BCUT2D eigenvalue weighted by molar-refractivity contribution is 5.95. The van der Waals surface area contributed by atoms with E-state index in [9.17, 15) is 9.59 Å². The molecule has 1 aromatic carbocycles. The summed E-state index contributed by atoms with van der Waals surface area (Å²) in [5, 5.41) is 5.05. The number of hydrogen-bond acceptors (Lipinski definition) is 4. The fourth-order valence-corrected chi connectivity index (χ4v) is 2.29. The topological polar surface area (TPSA) is 74.3 Å². The maximum absolute atomic E-state index is 12.1. The molecule has 0 aliphatic rings. The number of carbonyl (C=O) groups excluding carboxylic acids is 2. The Morgan fingerprint density at radius 1 is 1.08 bits per heavy atom. The van der Waals surface area contributed by atoms with Gasteiger partial charge in [-0.05, 0) is 31.5 Å². The molecule has 0 spiro atoms. The molecule has 0 atom stereocenters. The lowest BCUT2D eigenvalue weighted by molar-refractivity contribution is -0.121. The third-order valence-corrected chi connectivity index (χ3v) is 3.72. The largest absolute Gasteiger partial charge is 0.334 e. The molecule has 6 nitrogen and oxygen atoms in total. The number of hydrogen-bond donors (Lipinski definition) is 2. The highest BCUT2D eigenvalue weighted by Crippen LogP contribution is 2.05. The number of aromatic nitrogens is 1. The maximum atomic E-state index is 12.1. The van der Waals surface area contributed by atoms with Crippen molar-refractivity contribution in [2.75, 3.05) is 6.54 Å². The molecule has 0 aliphatic heterocycles. The number of urea groups is 1.